The first-order chi connectivity index (χ1) is 26.8. The topological polar surface area (TPSA) is 119 Å². The third kappa shape index (κ3) is 8.40. The number of hydrogen-bond donors (Lipinski definition) is 1. The molecule has 0 amide bonds. The third-order valence-corrected chi connectivity index (χ3v) is 10.0. The molecule has 2 aliphatic rings. The fourth-order valence-electron chi connectivity index (χ4n) is 7.19. The van der Waals surface area contributed by atoms with Crippen LogP contribution in [0.2, 0.25) is 0 Å². The monoisotopic (exact) mass is 744 g/mol. The number of ether oxygens (including phenoxy) is 7. The Morgan fingerprint density at radius 1 is 0.564 bits per heavy atom. The Hall–Kier alpha value is -5.20. The van der Waals surface area contributed by atoms with Crippen LogP contribution in [0.5, 0.6) is 0 Å². The largest absolute Gasteiger partial charge is 0.451 e. The zero-order chi connectivity index (χ0) is 38.1. The average Bonchev–Trinajstić information content (AvgIpc) is 3.43. The van der Waals surface area contributed by atoms with Crippen molar-refractivity contribution < 1.29 is 47.9 Å². The molecule has 10 heteroatoms. The number of rotatable bonds is 16. The highest BCUT2D eigenvalue weighted by Crippen LogP contribution is 2.55. The molecular formula is C45H44O10. The predicted molar refractivity (Wildman–Crippen MR) is 202 cm³/mol. The van der Waals surface area contributed by atoms with Crippen molar-refractivity contribution in [3.05, 3.63) is 179 Å². The molecule has 0 aliphatic carbocycles. The van der Waals surface area contributed by atoms with Crippen LogP contribution in [0.3, 0.4) is 0 Å². The molecule has 0 aromatic heterocycles. The Balaban J connectivity index is 1.30. The first-order valence-corrected chi connectivity index (χ1v) is 18.3. The van der Waals surface area contributed by atoms with Crippen LogP contribution < -0.4 is 0 Å². The Morgan fingerprint density at radius 2 is 0.964 bits per heavy atom. The van der Waals surface area contributed by atoms with Gasteiger partial charge < -0.3 is 38.3 Å². The average molecular weight is 745 g/mol. The zero-order valence-corrected chi connectivity index (χ0v) is 30.5. The van der Waals surface area contributed by atoms with Gasteiger partial charge in [0.2, 0.25) is 5.79 Å². The molecular weight excluding hydrogens is 700 g/mol. The SMILES string of the molecule is C[C@@]12O[C@H](COCc3ccccc3)[C@@](O)(COCc3ccccc3)[C@@](COCc3ccccc3)(O1)[C@H](OC(=O)c1ccccc1)[C@H]2OC(=O)c1ccccc1. The minimum Gasteiger partial charge on any atom is -0.451 e. The van der Waals surface area contributed by atoms with Gasteiger partial charge in [-0.15, -0.1) is 0 Å². The fraction of sp³-hybridized carbons (Fsp3) is 0.289. The standard InChI is InChI=1S/C45H44O10/c1-43-39(52-41(46)36-23-13-5-14-24-36)40(53-42(47)37-25-15-6-16-26-37)45(55-43,32-51-29-35-21-11-4-12-22-35)44(48,31-50-28-34-19-9-3-10-20-34)38(54-43)30-49-27-33-17-7-2-8-18-33/h2-26,38-40,48H,27-32H2,1H3/t38-,39-,40-,43-,44+,45+/m1/s1. The molecule has 0 radical (unpaired) electrons. The molecule has 2 heterocycles. The second-order valence-corrected chi connectivity index (χ2v) is 13.9. The van der Waals surface area contributed by atoms with Gasteiger partial charge in [0, 0.05) is 0 Å². The molecule has 0 spiro atoms. The summed E-state index contributed by atoms with van der Waals surface area (Å²) in [5.74, 6) is -3.18. The summed E-state index contributed by atoms with van der Waals surface area (Å²) in [5.41, 5.74) is -0.869. The molecule has 10 nitrogen and oxygen atoms in total. The van der Waals surface area contributed by atoms with Crippen molar-refractivity contribution >= 4 is 11.9 Å². The van der Waals surface area contributed by atoms with Crippen LogP contribution in [-0.2, 0) is 53.0 Å². The van der Waals surface area contributed by atoms with Gasteiger partial charge in [-0.05, 0) is 47.9 Å². The summed E-state index contributed by atoms with van der Waals surface area (Å²) in [6.45, 7) is 1.30. The lowest BCUT2D eigenvalue weighted by atomic mass is 9.75. The van der Waals surface area contributed by atoms with E-state index in [1.807, 2.05) is 91.0 Å². The van der Waals surface area contributed by atoms with E-state index in [1.54, 1.807) is 67.6 Å². The van der Waals surface area contributed by atoms with Crippen molar-refractivity contribution in [1.29, 1.82) is 0 Å². The lowest BCUT2D eigenvalue weighted by Crippen LogP contribution is -2.74. The molecule has 0 saturated carbocycles. The van der Waals surface area contributed by atoms with Crippen LogP contribution in [0, 0.1) is 0 Å². The first-order valence-electron chi connectivity index (χ1n) is 18.3. The minimum atomic E-state index is -2.11. The molecule has 7 rings (SSSR count). The van der Waals surface area contributed by atoms with Crippen LogP contribution in [0.4, 0.5) is 0 Å². The van der Waals surface area contributed by atoms with Crippen molar-refractivity contribution in [2.75, 3.05) is 19.8 Å². The van der Waals surface area contributed by atoms with E-state index in [0.717, 1.165) is 16.7 Å². The second-order valence-electron chi connectivity index (χ2n) is 13.9. The number of aliphatic hydroxyl groups is 1. The maximum atomic E-state index is 14.0. The Labute approximate surface area is 320 Å². The summed E-state index contributed by atoms with van der Waals surface area (Å²) in [6, 6.07) is 45.5. The van der Waals surface area contributed by atoms with Crippen LogP contribution in [0.15, 0.2) is 152 Å². The smallest absolute Gasteiger partial charge is 0.338 e. The van der Waals surface area contributed by atoms with Crippen molar-refractivity contribution in [2.45, 2.75) is 62.0 Å². The highest BCUT2D eigenvalue weighted by atomic mass is 16.8. The normalized spacial score (nSPS) is 25.6. The quantitative estimate of drug-likeness (QED) is 0.109. The van der Waals surface area contributed by atoms with Crippen molar-refractivity contribution in [3.8, 4) is 0 Å². The number of fused-ring (bicyclic) bond motifs is 2. The summed E-state index contributed by atoms with van der Waals surface area (Å²) >= 11 is 0. The third-order valence-electron chi connectivity index (χ3n) is 10.0. The van der Waals surface area contributed by atoms with E-state index >= 15 is 0 Å². The van der Waals surface area contributed by atoms with Crippen molar-refractivity contribution in [3.63, 3.8) is 0 Å². The van der Waals surface area contributed by atoms with Gasteiger partial charge in [-0.3, -0.25) is 0 Å². The molecule has 2 fully saturated rings. The van der Waals surface area contributed by atoms with E-state index in [-0.39, 0.29) is 50.8 Å². The molecule has 284 valence electrons. The Kier molecular flexibility index (Phi) is 11.8. The van der Waals surface area contributed by atoms with E-state index in [0.29, 0.717) is 0 Å². The first kappa shape index (κ1) is 38.1. The van der Waals surface area contributed by atoms with E-state index in [1.165, 1.54) is 0 Å². The lowest BCUT2D eigenvalue weighted by molar-refractivity contribution is -0.402. The van der Waals surface area contributed by atoms with Gasteiger partial charge in [0.05, 0.1) is 50.8 Å². The van der Waals surface area contributed by atoms with Crippen molar-refractivity contribution in [2.24, 2.45) is 0 Å². The molecule has 2 saturated heterocycles. The summed E-state index contributed by atoms with van der Waals surface area (Å²) in [5, 5.41) is 13.3. The zero-order valence-electron chi connectivity index (χ0n) is 30.5. The second kappa shape index (κ2) is 17.1. The molecule has 0 unspecified atom stereocenters. The van der Waals surface area contributed by atoms with Crippen LogP contribution in [0.1, 0.15) is 44.3 Å². The molecule has 6 atom stereocenters. The van der Waals surface area contributed by atoms with E-state index in [9.17, 15) is 14.7 Å². The number of carbonyl (C=O) groups is 2. The minimum absolute atomic E-state index is 0.127. The number of hydrogen-bond acceptors (Lipinski definition) is 10. The van der Waals surface area contributed by atoms with Gasteiger partial charge in [0.25, 0.3) is 0 Å². The van der Waals surface area contributed by atoms with Crippen LogP contribution >= 0.6 is 0 Å². The summed E-state index contributed by atoms with van der Waals surface area (Å²) in [7, 11) is 0. The van der Waals surface area contributed by atoms with E-state index in [2.05, 4.69) is 0 Å². The Morgan fingerprint density at radius 3 is 1.44 bits per heavy atom. The van der Waals surface area contributed by atoms with Gasteiger partial charge in [-0.25, -0.2) is 9.59 Å². The number of esters is 2. The van der Waals surface area contributed by atoms with Gasteiger partial charge in [0.1, 0.15) is 6.10 Å². The molecule has 2 aliphatic heterocycles. The molecule has 5 aromatic carbocycles. The highest BCUT2D eigenvalue weighted by Gasteiger charge is 2.79. The fourth-order valence-corrected chi connectivity index (χ4v) is 7.19. The lowest BCUT2D eigenvalue weighted by Gasteiger charge is -2.53. The van der Waals surface area contributed by atoms with Gasteiger partial charge in [-0.1, -0.05) is 127 Å². The van der Waals surface area contributed by atoms with Crippen LogP contribution in [-0.4, -0.2) is 72.2 Å². The molecule has 55 heavy (non-hydrogen) atoms. The summed E-state index contributed by atoms with van der Waals surface area (Å²) in [4.78, 5) is 27.8. The maximum Gasteiger partial charge on any atom is 0.338 e. The van der Waals surface area contributed by atoms with Gasteiger partial charge in [-0.2, -0.15) is 0 Å². The van der Waals surface area contributed by atoms with Gasteiger partial charge >= 0.3 is 11.9 Å². The highest BCUT2D eigenvalue weighted by molar-refractivity contribution is 5.90. The van der Waals surface area contributed by atoms with E-state index < -0.39 is 47.2 Å². The predicted octanol–water partition coefficient (Wildman–Crippen LogP) is 6.70. The number of carbonyl (C=O) groups excluding carboxylic acids is 2. The Bertz CT molecular complexity index is 1980. The summed E-state index contributed by atoms with van der Waals surface area (Å²) < 4.78 is 45.0. The maximum absolute atomic E-state index is 14.0. The molecule has 5 aromatic rings. The molecule has 1 N–H and O–H groups in total. The number of benzene rings is 5. The summed E-state index contributed by atoms with van der Waals surface area (Å²) in [6.07, 6.45) is -3.99. The van der Waals surface area contributed by atoms with Crippen LogP contribution in [0.25, 0.3) is 0 Å². The van der Waals surface area contributed by atoms with Gasteiger partial charge in [0.15, 0.2) is 23.4 Å². The van der Waals surface area contributed by atoms with Crippen molar-refractivity contribution in [1.82, 2.24) is 0 Å². The molecule has 2 bridgehead atoms. The van der Waals surface area contributed by atoms with E-state index in [4.69, 9.17) is 33.2 Å².